The minimum absolute atomic E-state index is 0.0240. The van der Waals surface area contributed by atoms with E-state index in [0.29, 0.717) is 17.7 Å². The summed E-state index contributed by atoms with van der Waals surface area (Å²) in [6.45, 7) is 1.86. The van der Waals surface area contributed by atoms with Gasteiger partial charge in [-0.25, -0.2) is 9.59 Å². The Labute approximate surface area is 109 Å². The van der Waals surface area contributed by atoms with Crippen LogP contribution >= 0.6 is 0 Å². The third-order valence-corrected chi connectivity index (χ3v) is 3.10. The van der Waals surface area contributed by atoms with Gasteiger partial charge in [0.25, 0.3) is 0 Å². The first-order valence-corrected chi connectivity index (χ1v) is 5.88. The van der Waals surface area contributed by atoms with Crippen molar-refractivity contribution in [3.8, 4) is 5.75 Å². The molecule has 19 heavy (non-hydrogen) atoms. The molecule has 1 unspecified atom stereocenters. The van der Waals surface area contributed by atoms with E-state index in [-0.39, 0.29) is 12.5 Å². The van der Waals surface area contributed by atoms with E-state index >= 15 is 0 Å². The highest BCUT2D eigenvalue weighted by atomic mass is 16.6. The average molecular weight is 265 g/mol. The smallest absolute Gasteiger partial charge is 0.360 e. The highest BCUT2D eigenvalue weighted by Gasteiger charge is 2.54. The minimum Gasteiger partial charge on any atom is -0.478 e. The molecule has 0 saturated carbocycles. The second-order valence-corrected chi connectivity index (χ2v) is 4.84. The number of nitrogens with two attached hydrogens (primary N) is 1. The highest BCUT2D eigenvalue weighted by molar-refractivity contribution is 6.03. The molecular formula is C13H15NO5. The van der Waals surface area contributed by atoms with Gasteiger partial charge in [0.1, 0.15) is 5.75 Å². The summed E-state index contributed by atoms with van der Waals surface area (Å²) in [4.78, 5) is 22.3. The first-order chi connectivity index (χ1) is 8.85. The largest absolute Gasteiger partial charge is 0.478 e. The van der Waals surface area contributed by atoms with E-state index in [2.05, 4.69) is 0 Å². The lowest BCUT2D eigenvalue weighted by atomic mass is 9.95. The van der Waals surface area contributed by atoms with E-state index in [1.54, 1.807) is 18.2 Å². The predicted octanol–water partition coefficient (Wildman–Crippen LogP) is 0.419. The molecule has 1 atom stereocenters. The second-order valence-electron chi connectivity index (χ2n) is 4.84. The Morgan fingerprint density at radius 2 is 2.05 bits per heavy atom. The Hall–Kier alpha value is -2.08. The summed E-state index contributed by atoms with van der Waals surface area (Å²) in [6, 6.07) is 5.10. The number of benzene rings is 1. The monoisotopic (exact) mass is 265 g/mol. The van der Waals surface area contributed by atoms with E-state index in [9.17, 15) is 9.59 Å². The molecule has 0 amide bonds. The molecule has 1 heterocycles. The Bertz CT molecular complexity index is 524. The van der Waals surface area contributed by atoms with Crippen LogP contribution in [0.4, 0.5) is 0 Å². The topological polar surface area (TPSA) is 110 Å². The molecule has 1 aliphatic rings. The van der Waals surface area contributed by atoms with Gasteiger partial charge in [0.15, 0.2) is 0 Å². The average Bonchev–Trinajstić information content (AvgIpc) is 2.68. The van der Waals surface area contributed by atoms with Gasteiger partial charge in [0.05, 0.1) is 0 Å². The number of aliphatic carboxylic acids is 2. The number of hydrogen-bond acceptors (Lipinski definition) is 4. The van der Waals surface area contributed by atoms with E-state index < -0.39 is 17.5 Å². The standard InChI is InChI=1S/C13H15NO5/c1-7(14)4-8-2-3-10-9(5-8)6-13(19-10,11(15)16)12(17)18/h2-3,5,7H,4,6,14H2,1H3,(H,15,16)(H,17,18). The van der Waals surface area contributed by atoms with Crippen LogP contribution in [0.3, 0.4) is 0 Å². The summed E-state index contributed by atoms with van der Waals surface area (Å²) in [7, 11) is 0. The molecule has 6 heteroatoms. The van der Waals surface area contributed by atoms with Crippen molar-refractivity contribution in [1.29, 1.82) is 0 Å². The van der Waals surface area contributed by atoms with Crippen LogP contribution in [0.25, 0.3) is 0 Å². The zero-order valence-electron chi connectivity index (χ0n) is 10.4. The van der Waals surface area contributed by atoms with Crippen LogP contribution < -0.4 is 10.5 Å². The lowest BCUT2D eigenvalue weighted by Crippen LogP contribution is -2.50. The predicted molar refractivity (Wildman–Crippen MR) is 66.1 cm³/mol. The Kier molecular flexibility index (Phi) is 3.20. The zero-order valence-corrected chi connectivity index (χ0v) is 10.4. The number of fused-ring (bicyclic) bond motifs is 1. The van der Waals surface area contributed by atoms with Crippen LogP contribution in [0.5, 0.6) is 5.75 Å². The van der Waals surface area contributed by atoms with Crippen molar-refractivity contribution in [2.45, 2.75) is 31.4 Å². The summed E-state index contributed by atoms with van der Waals surface area (Å²) in [5.41, 5.74) is 5.01. The Morgan fingerprint density at radius 1 is 1.42 bits per heavy atom. The molecule has 0 aliphatic carbocycles. The maximum Gasteiger partial charge on any atom is 0.360 e. The van der Waals surface area contributed by atoms with Crippen LogP contribution in [0, 0.1) is 0 Å². The van der Waals surface area contributed by atoms with Gasteiger partial charge in [-0.05, 0) is 30.5 Å². The number of hydrogen-bond donors (Lipinski definition) is 3. The SMILES string of the molecule is CC(N)Cc1ccc2c(c1)CC(C(=O)O)(C(=O)O)O2. The van der Waals surface area contributed by atoms with Gasteiger partial charge >= 0.3 is 17.5 Å². The van der Waals surface area contributed by atoms with E-state index in [0.717, 1.165) is 5.56 Å². The van der Waals surface area contributed by atoms with Crippen molar-refractivity contribution >= 4 is 11.9 Å². The van der Waals surface area contributed by atoms with Crippen LogP contribution in [-0.4, -0.2) is 33.8 Å². The molecule has 6 nitrogen and oxygen atoms in total. The van der Waals surface area contributed by atoms with Crippen LogP contribution in [0.15, 0.2) is 18.2 Å². The third-order valence-electron chi connectivity index (χ3n) is 3.10. The number of carboxylic acid groups (broad SMARTS) is 2. The number of carbonyl (C=O) groups is 2. The summed E-state index contributed by atoms with van der Waals surface area (Å²) >= 11 is 0. The van der Waals surface area contributed by atoms with Crippen LogP contribution in [0.2, 0.25) is 0 Å². The van der Waals surface area contributed by atoms with Gasteiger partial charge in [0.2, 0.25) is 0 Å². The van der Waals surface area contributed by atoms with E-state index in [1.807, 2.05) is 6.92 Å². The number of rotatable bonds is 4. The fraction of sp³-hybridized carbons (Fsp3) is 0.385. The molecule has 0 spiro atoms. The van der Waals surface area contributed by atoms with Gasteiger partial charge in [0, 0.05) is 12.5 Å². The first kappa shape index (κ1) is 13.4. The van der Waals surface area contributed by atoms with Gasteiger partial charge < -0.3 is 20.7 Å². The second kappa shape index (κ2) is 4.55. The number of ether oxygens (including phenoxy) is 1. The molecule has 1 aliphatic heterocycles. The summed E-state index contributed by atoms with van der Waals surface area (Å²) < 4.78 is 5.15. The molecule has 1 aromatic carbocycles. The summed E-state index contributed by atoms with van der Waals surface area (Å²) in [6.07, 6.45) is 0.459. The van der Waals surface area contributed by atoms with Gasteiger partial charge in [-0.1, -0.05) is 12.1 Å². The normalized spacial score (nSPS) is 17.4. The fourth-order valence-electron chi connectivity index (χ4n) is 2.19. The summed E-state index contributed by atoms with van der Waals surface area (Å²) in [5, 5.41) is 18.2. The molecule has 1 aromatic rings. The van der Waals surface area contributed by atoms with Crippen LogP contribution in [-0.2, 0) is 22.4 Å². The summed E-state index contributed by atoms with van der Waals surface area (Å²) in [5.74, 6) is -2.69. The van der Waals surface area contributed by atoms with E-state index in [1.165, 1.54) is 0 Å². The molecule has 0 bridgehead atoms. The maximum absolute atomic E-state index is 11.2. The first-order valence-electron chi connectivity index (χ1n) is 5.88. The van der Waals surface area contributed by atoms with Gasteiger partial charge in [-0.15, -0.1) is 0 Å². The van der Waals surface area contributed by atoms with Crippen molar-refractivity contribution in [3.63, 3.8) is 0 Å². The third kappa shape index (κ3) is 2.26. The lowest BCUT2D eigenvalue weighted by molar-refractivity contribution is -0.170. The van der Waals surface area contributed by atoms with E-state index in [4.69, 9.17) is 20.7 Å². The minimum atomic E-state index is -2.21. The molecule has 0 aromatic heterocycles. The van der Waals surface area contributed by atoms with Gasteiger partial charge in [-0.3, -0.25) is 0 Å². The van der Waals surface area contributed by atoms with Crippen LogP contribution in [0.1, 0.15) is 18.1 Å². The van der Waals surface area contributed by atoms with Crippen molar-refractivity contribution in [1.82, 2.24) is 0 Å². The van der Waals surface area contributed by atoms with Crippen molar-refractivity contribution in [2.24, 2.45) is 5.73 Å². The zero-order chi connectivity index (χ0) is 14.2. The van der Waals surface area contributed by atoms with Crippen molar-refractivity contribution in [3.05, 3.63) is 29.3 Å². The van der Waals surface area contributed by atoms with Crippen molar-refractivity contribution < 1.29 is 24.5 Å². The quantitative estimate of drug-likeness (QED) is 0.680. The van der Waals surface area contributed by atoms with Crippen molar-refractivity contribution in [2.75, 3.05) is 0 Å². The Morgan fingerprint density at radius 3 is 2.58 bits per heavy atom. The number of carboxylic acids is 2. The molecule has 102 valence electrons. The van der Waals surface area contributed by atoms with Gasteiger partial charge in [-0.2, -0.15) is 0 Å². The molecule has 0 fully saturated rings. The molecule has 4 N–H and O–H groups in total. The lowest BCUT2D eigenvalue weighted by Gasteiger charge is -2.18. The highest BCUT2D eigenvalue weighted by Crippen LogP contribution is 2.36. The molecule has 2 rings (SSSR count). The molecule has 0 saturated heterocycles. The molecular weight excluding hydrogens is 250 g/mol. The fourth-order valence-corrected chi connectivity index (χ4v) is 2.19. The molecule has 0 radical (unpaired) electrons. The Balaban J connectivity index is 2.34. The maximum atomic E-state index is 11.2.